The Morgan fingerprint density at radius 2 is 1.89 bits per heavy atom. The molecule has 0 unspecified atom stereocenters. The van der Waals surface area contributed by atoms with Crippen LogP contribution in [0.15, 0.2) is 41.6 Å². The number of benzene rings is 1. The zero-order valence-electron chi connectivity index (χ0n) is 15.6. The Morgan fingerprint density at radius 3 is 2.57 bits per heavy atom. The fourth-order valence-corrected chi connectivity index (χ4v) is 3.13. The molecule has 1 heterocycles. The van der Waals surface area contributed by atoms with Crippen molar-refractivity contribution in [1.29, 1.82) is 0 Å². The van der Waals surface area contributed by atoms with Crippen molar-refractivity contribution < 1.29 is 22.8 Å². The highest BCUT2D eigenvalue weighted by Crippen LogP contribution is 2.28. The number of halogens is 3. The maximum atomic E-state index is 12.6. The van der Waals surface area contributed by atoms with Crippen LogP contribution in [-0.2, 0) is 4.79 Å². The summed E-state index contributed by atoms with van der Waals surface area (Å²) in [6.45, 7) is 3.55. The lowest BCUT2D eigenvalue weighted by Crippen LogP contribution is -2.35. The number of aryl methyl sites for hydroxylation is 1. The minimum atomic E-state index is -4.38. The number of carbonyl (C=O) groups excluding carboxylic acids is 2. The molecular weight excluding hydrogens is 391 g/mol. The van der Waals surface area contributed by atoms with Crippen LogP contribution >= 0.6 is 11.8 Å². The molecule has 0 saturated carbocycles. The van der Waals surface area contributed by atoms with Gasteiger partial charge in [-0.2, -0.15) is 13.2 Å². The first-order chi connectivity index (χ1) is 13.1. The minimum Gasteiger partial charge on any atom is -0.332 e. The smallest absolute Gasteiger partial charge is 0.332 e. The van der Waals surface area contributed by atoms with E-state index in [-0.39, 0.29) is 17.1 Å². The van der Waals surface area contributed by atoms with Gasteiger partial charge in [0.05, 0.1) is 17.9 Å². The Kier molecular flexibility index (Phi) is 7.06. The number of nitrogens with one attached hydrogen (secondary N) is 1. The quantitative estimate of drug-likeness (QED) is 0.728. The van der Waals surface area contributed by atoms with E-state index in [1.54, 1.807) is 6.07 Å². The summed E-state index contributed by atoms with van der Waals surface area (Å²) < 4.78 is 37.4. The summed E-state index contributed by atoms with van der Waals surface area (Å²) >= 11 is 0.441. The molecule has 1 aromatic heterocycles. The van der Waals surface area contributed by atoms with Crippen molar-refractivity contribution in [3.05, 3.63) is 53.2 Å². The molecule has 9 heteroatoms. The number of rotatable bonds is 6. The third-order valence-corrected chi connectivity index (χ3v) is 5.05. The number of anilines is 1. The van der Waals surface area contributed by atoms with Crippen molar-refractivity contribution >= 4 is 29.3 Å². The normalized spacial score (nSPS) is 11.2. The van der Waals surface area contributed by atoms with Crippen LogP contribution in [0.2, 0.25) is 0 Å². The Balaban J connectivity index is 2.06. The Hall–Kier alpha value is -2.55. The molecule has 28 heavy (non-hydrogen) atoms. The second kappa shape index (κ2) is 9.09. The van der Waals surface area contributed by atoms with Gasteiger partial charge in [-0.25, -0.2) is 4.98 Å². The summed E-state index contributed by atoms with van der Waals surface area (Å²) in [5.41, 5.74) is 2.61. The number of hydrogen-bond acceptors (Lipinski definition) is 4. The maximum Gasteiger partial charge on any atom is 0.398 e. The first kappa shape index (κ1) is 21.7. The molecule has 2 rings (SSSR count). The van der Waals surface area contributed by atoms with Crippen molar-refractivity contribution in [2.45, 2.75) is 25.0 Å². The molecule has 0 aliphatic carbocycles. The number of alkyl halides is 3. The van der Waals surface area contributed by atoms with Crippen LogP contribution in [0.5, 0.6) is 0 Å². The fraction of sp³-hybridized carbons (Fsp3) is 0.316. The van der Waals surface area contributed by atoms with Crippen LogP contribution in [0.4, 0.5) is 18.9 Å². The van der Waals surface area contributed by atoms with Gasteiger partial charge in [-0.3, -0.25) is 9.59 Å². The number of nitrogens with zero attached hydrogens (tertiary/aromatic N) is 2. The van der Waals surface area contributed by atoms with Crippen molar-refractivity contribution in [2.24, 2.45) is 0 Å². The molecule has 5 nitrogen and oxygen atoms in total. The molecule has 1 N–H and O–H groups in total. The standard InChI is InChI=1S/C19H20F3N3O2S/c1-12-6-4-8-15(13(12)2)24-16(26)10-25(3)18(27)14-7-5-9-23-17(14)28-11-19(20,21)22/h4-9H,10-11H2,1-3H3,(H,24,26). The molecule has 1 aromatic carbocycles. The van der Waals surface area contributed by atoms with Gasteiger partial charge in [0.2, 0.25) is 5.91 Å². The van der Waals surface area contributed by atoms with E-state index in [4.69, 9.17) is 0 Å². The summed E-state index contributed by atoms with van der Waals surface area (Å²) in [6.07, 6.45) is -3.05. The van der Waals surface area contributed by atoms with Gasteiger partial charge in [0.15, 0.2) is 0 Å². The van der Waals surface area contributed by atoms with E-state index in [0.717, 1.165) is 16.0 Å². The zero-order valence-corrected chi connectivity index (χ0v) is 16.4. The largest absolute Gasteiger partial charge is 0.398 e. The second-order valence-corrected chi connectivity index (χ2v) is 7.18. The van der Waals surface area contributed by atoms with Gasteiger partial charge >= 0.3 is 6.18 Å². The number of aromatic nitrogens is 1. The molecule has 0 radical (unpaired) electrons. The van der Waals surface area contributed by atoms with Crippen LogP contribution in [-0.4, -0.2) is 47.2 Å². The maximum absolute atomic E-state index is 12.6. The Morgan fingerprint density at radius 1 is 1.18 bits per heavy atom. The van der Waals surface area contributed by atoms with Gasteiger partial charge in [-0.15, -0.1) is 0 Å². The van der Waals surface area contributed by atoms with Crippen molar-refractivity contribution in [2.75, 3.05) is 24.7 Å². The third-order valence-electron chi connectivity index (χ3n) is 3.98. The van der Waals surface area contributed by atoms with Crippen molar-refractivity contribution in [1.82, 2.24) is 9.88 Å². The Labute approximate surface area is 165 Å². The lowest BCUT2D eigenvalue weighted by molar-refractivity contribution is -0.116. The molecule has 0 aliphatic rings. The van der Waals surface area contributed by atoms with Crippen LogP contribution in [0.3, 0.4) is 0 Å². The molecule has 0 saturated heterocycles. The summed E-state index contributed by atoms with van der Waals surface area (Å²) in [7, 11) is 1.41. The zero-order chi connectivity index (χ0) is 20.9. The van der Waals surface area contributed by atoms with Crippen LogP contribution in [0.25, 0.3) is 0 Å². The molecule has 150 valence electrons. The van der Waals surface area contributed by atoms with Gasteiger partial charge in [0, 0.05) is 18.9 Å². The average Bonchev–Trinajstić information content (AvgIpc) is 2.62. The highest BCUT2D eigenvalue weighted by molar-refractivity contribution is 7.99. The highest BCUT2D eigenvalue weighted by atomic mass is 32.2. The van der Waals surface area contributed by atoms with Gasteiger partial charge in [-0.05, 0) is 43.2 Å². The number of pyridine rings is 1. The van der Waals surface area contributed by atoms with Gasteiger partial charge in [-0.1, -0.05) is 23.9 Å². The molecule has 0 spiro atoms. The first-order valence-corrected chi connectivity index (χ1v) is 9.33. The number of amides is 2. The van der Waals surface area contributed by atoms with E-state index in [2.05, 4.69) is 10.3 Å². The van der Waals surface area contributed by atoms with E-state index in [0.29, 0.717) is 17.4 Å². The molecule has 0 bridgehead atoms. The predicted octanol–water partition coefficient (Wildman–Crippen LogP) is 4.06. The fourth-order valence-electron chi connectivity index (χ4n) is 2.39. The summed E-state index contributed by atoms with van der Waals surface area (Å²) in [5.74, 6) is -2.13. The SMILES string of the molecule is Cc1cccc(NC(=O)CN(C)C(=O)c2cccnc2SCC(F)(F)F)c1C. The van der Waals surface area contributed by atoms with Crippen LogP contribution in [0, 0.1) is 13.8 Å². The van der Waals surface area contributed by atoms with Gasteiger partial charge < -0.3 is 10.2 Å². The topological polar surface area (TPSA) is 62.3 Å². The van der Waals surface area contributed by atoms with Gasteiger partial charge in [0.25, 0.3) is 5.91 Å². The lowest BCUT2D eigenvalue weighted by Gasteiger charge is -2.19. The van der Waals surface area contributed by atoms with Crippen LogP contribution in [0.1, 0.15) is 21.5 Å². The van der Waals surface area contributed by atoms with E-state index in [1.165, 1.54) is 25.4 Å². The minimum absolute atomic E-state index is 0.0217. The number of thioether (sulfide) groups is 1. The summed E-state index contributed by atoms with van der Waals surface area (Å²) in [5, 5.41) is 2.72. The molecular formula is C19H20F3N3O2S. The number of hydrogen-bond donors (Lipinski definition) is 1. The second-order valence-electron chi connectivity index (χ2n) is 6.22. The monoisotopic (exact) mass is 411 g/mol. The lowest BCUT2D eigenvalue weighted by atomic mass is 10.1. The Bertz CT molecular complexity index is 872. The van der Waals surface area contributed by atoms with Crippen LogP contribution < -0.4 is 5.32 Å². The van der Waals surface area contributed by atoms with Gasteiger partial charge in [0.1, 0.15) is 5.03 Å². The average molecular weight is 411 g/mol. The highest BCUT2D eigenvalue weighted by Gasteiger charge is 2.29. The molecule has 0 aliphatic heterocycles. The summed E-state index contributed by atoms with van der Waals surface area (Å²) in [6, 6.07) is 8.35. The molecule has 2 aromatic rings. The first-order valence-electron chi connectivity index (χ1n) is 8.34. The predicted molar refractivity (Wildman–Crippen MR) is 103 cm³/mol. The van der Waals surface area contributed by atoms with Crippen molar-refractivity contribution in [3.63, 3.8) is 0 Å². The third kappa shape index (κ3) is 5.98. The molecule has 2 amide bonds. The van der Waals surface area contributed by atoms with E-state index in [9.17, 15) is 22.8 Å². The number of likely N-dealkylation sites (N-methyl/N-ethyl adjacent to an activating group) is 1. The van der Waals surface area contributed by atoms with Crippen molar-refractivity contribution in [3.8, 4) is 0 Å². The number of carbonyl (C=O) groups is 2. The molecule has 0 atom stereocenters. The summed E-state index contributed by atoms with van der Waals surface area (Å²) in [4.78, 5) is 29.9. The van der Waals surface area contributed by atoms with E-state index < -0.39 is 23.7 Å². The van der Waals surface area contributed by atoms with E-state index >= 15 is 0 Å². The van der Waals surface area contributed by atoms with E-state index in [1.807, 2.05) is 26.0 Å². The molecule has 0 fully saturated rings.